The average molecular weight is 417 g/mol. The van der Waals surface area contributed by atoms with Gasteiger partial charge in [0.1, 0.15) is 12.4 Å². The number of aryl methyl sites for hydroxylation is 1. The van der Waals surface area contributed by atoms with E-state index in [1.54, 1.807) is 11.8 Å². The molecule has 162 valence electrons. The van der Waals surface area contributed by atoms with Gasteiger partial charge in [0.15, 0.2) is 0 Å². The molecule has 1 aromatic rings. The summed E-state index contributed by atoms with van der Waals surface area (Å²) < 4.78 is 15.2. The monoisotopic (exact) mass is 417 g/mol. The molecule has 0 spiro atoms. The van der Waals surface area contributed by atoms with Crippen molar-refractivity contribution in [2.45, 2.75) is 13.8 Å². The maximum atomic E-state index is 12.4. The van der Waals surface area contributed by atoms with Gasteiger partial charge in [-0.15, -0.1) is 0 Å². The van der Waals surface area contributed by atoms with Crippen molar-refractivity contribution in [3.05, 3.63) is 35.0 Å². The number of piperazine rings is 1. The number of amides is 1. The highest BCUT2D eigenvalue weighted by Gasteiger charge is 2.32. The van der Waals surface area contributed by atoms with Gasteiger partial charge >= 0.3 is 11.9 Å². The number of carbonyl (C=O) groups excluding carboxylic acids is 3. The van der Waals surface area contributed by atoms with Crippen LogP contribution in [0.2, 0.25) is 0 Å². The van der Waals surface area contributed by atoms with Crippen LogP contribution in [0, 0.1) is 6.92 Å². The quantitative estimate of drug-likeness (QED) is 0.672. The first-order chi connectivity index (χ1) is 14.4. The van der Waals surface area contributed by atoms with E-state index in [9.17, 15) is 14.4 Å². The lowest BCUT2D eigenvalue weighted by Crippen LogP contribution is -2.48. The molecule has 1 fully saturated rings. The fourth-order valence-electron chi connectivity index (χ4n) is 3.77. The summed E-state index contributed by atoms with van der Waals surface area (Å²) in [7, 11) is 2.53. The third kappa shape index (κ3) is 4.25. The van der Waals surface area contributed by atoms with Crippen molar-refractivity contribution in [3.63, 3.8) is 0 Å². The van der Waals surface area contributed by atoms with E-state index in [2.05, 4.69) is 4.90 Å². The Bertz CT molecular complexity index is 873. The lowest BCUT2D eigenvalue weighted by atomic mass is 10.1. The van der Waals surface area contributed by atoms with E-state index in [-0.39, 0.29) is 30.5 Å². The molecule has 2 heterocycles. The second kappa shape index (κ2) is 9.17. The topological polar surface area (TPSA) is 88.6 Å². The van der Waals surface area contributed by atoms with Crippen LogP contribution in [0.15, 0.2) is 29.5 Å². The molecule has 9 nitrogen and oxygen atoms in total. The highest BCUT2D eigenvalue weighted by Crippen LogP contribution is 2.31. The second-order valence-electron chi connectivity index (χ2n) is 7.18. The number of benzene rings is 1. The Morgan fingerprint density at radius 3 is 2.23 bits per heavy atom. The van der Waals surface area contributed by atoms with Gasteiger partial charge in [-0.3, -0.25) is 4.79 Å². The summed E-state index contributed by atoms with van der Waals surface area (Å²) in [6.07, 6.45) is 0. The first-order valence-corrected chi connectivity index (χ1v) is 9.73. The molecule has 30 heavy (non-hydrogen) atoms. The van der Waals surface area contributed by atoms with Gasteiger partial charge in [0.05, 0.1) is 26.4 Å². The Balaban J connectivity index is 1.89. The molecule has 0 aliphatic carbocycles. The Kier molecular flexibility index (Phi) is 6.61. The third-order valence-corrected chi connectivity index (χ3v) is 5.39. The van der Waals surface area contributed by atoms with Crippen molar-refractivity contribution in [1.82, 2.24) is 4.90 Å². The van der Waals surface area contributed by atoms with Crippen LogP contribution in [0.4, 0.5) is 11.4 Å². The van der Waals surface area contributed by atoms with Crippen molar-refractivity contribution >= 4 is 29.2 Å². The van der Waals surface area contributed by atoms with Crippen LogP contribution < -0.4 is 9.80 Å². The van der Waals surface area contributed by atoms with E-state index in [1.807, 2.05) is 30.0 Å². The zero-order chi connectivity index (χ0) is 21.8. The minimum Gasteiger partial charge on any atom is -0.466 e. The van der Waals surface area contributed by atoms with Gasteiger partial charge in [0.25, 0.3) is 0 Å². The summed E-state index contributed by atoms with van der Waals surface area (Å²) in [4.78, 5) is 41.8. The number of nitrogens with zero attached hydrogens (tertiary/aromatic N) is 3. The van der Waals surface area contributed by atoms with E-state index in [0.717, 1.165) is 24.3 Å². The van der Waals surface area contributed by atoms with Crippen molar-refractivity contribution in [3.8, 4) is 0 Å². The zero-order valence-corrected chi connectivity index (χ0v) is 17.8. The fourth-order valence-corrected chi connectivity index (χ4v) is 3.77. The van der Waals surface area contributed by atoms with E-state index in [1.165, 1.54) is 14.2 Å². The van der Waals surface area contributed by atoms with Crippen molar-refractivity contribution in [2.24, 2.45) is 0 Å². The number of hydrogen-bond donors (Lipinski definition) is 0. The fraction of sp³-hybridized carbons (Fsp3) is 0.476. The van der Waals surface area contributed by atoms with Gasteiger partial charge < -0.3 is 28.9 Å². The lowest BCUT2D eigenvalue weighted by molar-refractivity contribution is -0.140. The summed E-state index contributed by atoms with van der Waals surface area (Å²) in [6.45, 7) is 6.56. The summed E-state index contributed by atoms with van der Waals surface area (Å²) in [6, 6.07) is 5.81. The number of anilines is 2. The largest absolute Gasteiger partial charge is 0.466 e. The summed E-state index contributed by atoms with van der Waals surface area (Å²) in [5.41, 5.74) is 3.03. The standard InChI is InChI=1S/C21H27N3O6/c1-14-11-16(5-6-18(14)23-9-7-22(8-10-23)15(2)25)24-13-30-12-17(20(26)28-3)19(24)21(27)29-4/h5-6,11H,7-10,12-13H2,1-4H3. The van der Waals surface area contributed by atoms with Crippen LogP contribution in [-0.2, 0) is 28.6 Å². The number of esters is 2. The normalized spacial score (nSPS) is 17.1. The third-order valence-electron chi connectivity index (χ3n) is 5.39. The van der Waals surface area contributed by atoms with Gasteiger partial charge in [-0.1, -0.05) is 0 Å². The molecular weight excluding hydrogens is 390 g/mol. The number of rotatable bonds is 4. The molecule has 0 aromatic heterocycles. The van der Waals surface area contributed by atoms with Gasteiger partial charge in [-0.05, 0) is 30.7 Å². The molecule has 2 aliphatic rings. The van der Waals surface area contributed by atoms with Crippen LogP contribution >= 0.6 is 0 Å². The maximum Gasteiger partial charge on any atom is 0.355 e. The average Bonchev–Trinajstić information content (AvgIpc) is 2.77. The minimum absolute atomic E-state index is 0.0227. The van der Waals surface area contributed by atoms with E-state index >= 15 is 0 Å². The summed E-state index contributed by atoms with van der Waals surface area (Å²) in [5, 5.41) is 0. The van der Waals surface area contributed by atoms with Crippen LogP contribution in [0.25, 0.3) is 0 Å². The number of carbonyl (C=O) groups is 3. The number of ether oxygens (including phenoxy) is 3. The number of hydrogen-bond acceptors (Lipinski definition) is 8. The van der Waals surface area contributed by atoms with E-state index < -0.39 is 11.9 Å². The Hall–Kier alpha value is -3.07. The summed E-state index contributed by atoms with van der Waals surface area (Å²) in [5.74, 6) is -1.16. The molecule has 0 N–H and O–H groups in total. The first kappa shape index (κ1) is 21.6. The predicted octanol–water partition coefficient (Wildman–Crippen LogP) is 1.06. The lowest BCUT2D eigenvalue weighted by Gasteiger charge is -2.37. The van der Waals surface area contributed by atoms with Gasteiger partial charge in [-0.25, -0.2) is 9.59 Å². The molecular formula is C21H27N3O6. The highest BCUT2D eigenvalue weighted by atomic mass is 16.5. The van der Waals surface area contributed by atoms with Crippen LogP contribution in [0.3, 0.4) is 0 Å². The van der Waals surface area contributed by atoms with Gasteiger partial charge in [0, 0.05) is 44.5 Å². The Morgan fingerprint density at radius 1 is 1.00 bits per heavy atom. The van der Waals surface area contributed by atoms with Crippen LogP contribution in [-0.4, -0.2) is 76.5 Å². The molecule has 1 aromatic carbocycles. The maximum absolute atomic E-state index is 12.4. The SMILES string of the molecule is COC(=O)C1=C(C(=O)OC)N(c2ccc(N3CCN(C(C)=O)CC3)c(C)c2)COC1. The molecule has 0 saturated carbocycles. The van der Waals surface area contributed by atoms with Crippen molar-refractivity contribution < 1.29 is 28.6 Å². The molecule has 2 aliphatic heterocycles. The van der Waals surface area contributed by atoms with Crippen molar-refractivity contribution in [2.75, 3.05) is 63.5 Å². The highest BCUT2D eigenvalue weighted by molar-refractivity contribution is 6.03. The molecule has 0 atom stereocenters. The first-order valence-electron chi connectivity index (χ1n) is 9.73. The molecule has 3 rings (SSSR count). The van der Waals surface area contributed by atoms with Gasteiger partial charge in [0.2, 0.25) is 5.91 Å². The van der Waals surface area contributed by atoms with Gasteiger partial charge in [-0.2, -0.15) is 0 Å². The second-order valence-corrected chi connectivity index (χ2v) is 7.18. The smallest absolute Gasteiger partial charge is 0.355 e. The summed E-state index contributed by atoms with van der Waals surface area (Å²) >= 11 is 0. The molecule has 1 amide bonds. The Morgan fingerprint density at radius 2 is 1.67 bits per heavy atom. The molecule has 0 radical (unpaired) electrons. The minimum atomic E-state index is -0.628. The zero-order valence-electron chi connectivity index (χ0n) is 17.8. The molecule has 9 heteroatoms. The predicted molar refractivity (Wildman–Crippen MR) is 110 cm³/mol. The molecule has 0 bridgehead atoms. The van der Waals surface area contributed by atoms with E-state index in [4.69, 9.17) is 14.2 Å². The van der Waals surface area contributed by atoms with Crippen LogP contribution in [0.5, 0.6) is 0 Å². The van der Waals surface area contributed by atoms with E-state index in [0.29, 0.717) is 18.8 Å². The van der Waals surface area contributed by atoms with Crippen molar-refractivity contribution in [1.29, 1.82) is 0 Å². The Labute approximate surface area is 175 Å². The van der Waals surface area contributed by atoms with Crippen LogP contribution in [0.1, 0.15) is 12.5 Å². The molecule has 1 saturated heterocycles. The molecule has 0 unspecified atom stereocenters. The number of methoxy groups -OCH3 is 2.